The van der Waals surface area contributed by atoms with Crippen LogP contribution < -0.4 is 4.74 Å². The van der Waals surface area contributed by atoms with Gasteiger partial charge < -0.3 is 14.4 Å². The van der Waals surface area contributed by atoms with Gasteiger partial charge in [-0.05, 0) is 50.2 Å². The van der Waals surface area contributed by atoms with Gasteiger partial charge in [0, 0.05) is 47.0 Å². The van der Waals surface area contributed by atoms with Gasteiger partial charge in [-0.25, -0.2) is 13.8 Å². The van der Waals surface area contributed by atoms with Gasteiger partial charge in [0.25, 0.3) is 0 Å². The van der Waals surface area contributed by atoms with Crippen molar-refractivity contribution >= 4 is 27.3 Å². The predicted octanol–water partition coefficient (Wildman–Crippen LogP) is 8.05. The maximum atomic E-state index is 16.1. The molecule has 14 heteroatoms. The van der Waals surface area contributed by atoms with Crippen molar-refractivity contribution in [3.05, 3.63) is 89.5 Å². The van der Waals surface area contributed by atoms with E-state index in [1.807, 2.05) is 6.92 Å². The molecule has 0 N–H and O–H groups in total. The molecule has 1 aliphatic heterocycles. The number of pyridine rings is 1. The Labute approximate surface area is 289 Å². The van der Waals surface area contributed by atoms with E-state index in [9.17, 15) is 22.4 Å². The van der Waals surface area contributed by atoms with Gasteiger partial charge in [0.2, 0.25) is 5.91 Å². The van der Waals surface area contributed by atoms with Gasteiger partial charge in [-0.1, -0.05) is 30.8 Å². The summed E-state index contributed by atoms with van der Waals surface area (Å²) in [7, 11) is 4.22. The van der Waals surface area contributed by atoms with Crippen molar-refractivity contribution < 1.29 is 36.2 Å². The minimum atomic E-state index is -4.50. The Kier molecular flexibility index (Phi) is 9.80. The third-order valence-corrected chi connectivity index (χ3v) is 9.64. The normalized spacial score (nSPS) is 15.4. The van der Waals surface area contributed by atoms with Crippen LogP contribution in [0.2, 0.25) is 0 Å². The maximum absolute atomic E-state index is 16.1. The van der Waals surface area contributed by atoms with Gasteiger partial charge in [-0.3, -0.25) is 14.4 Å². The van der Waals surface area contributed by atoms with Crippen molar-refractivity contribution in [2.75, 3.05) is 41.0 Å². The Morgan fingerprint density at radius 1 is 1.08 bits per heavy atom. The standard InChI is InChI=1S/C36H34F5N5O3S/c1-6-29(47)45-12-13-46-27(20(45)2)19-26(43-46)33-31(30-25(38)17-23(37)18-28(30)49-15-14-48-5)34-24(11-16-50-34)32(42-33)21-7-9-22(10-8-21)35(44(3)4)36(39,40)41/h6-11,16-20,35H,1,12-15H2,2-5H3. The molecule has 2 atom stereocenters. The first kappa shape index (κ1) is 35.2. The number of carbonyl (C=O) groups excluding carboxylic acids is 1. The van der Waals surface area contributed by atoms with Crippen LogP contribution in [0, 0.1) is 11.6 Å². The van der Waals surface area contributed by atoms with Gasteiger partial charge in [0.1, 0.15) is 41.4 Å². The van der Waals surface area contributed by atoms with Crippen molar-refractivity contribution in [1.29, 1.82) is 0 Å². The van der Waals surface area contributed by atoms with E-state index in [0.29, 0.717) is 51.4 Å². The van der Waals surface area contributed by atoms with Crippen molar-refractivity contribution in [1.82, 2.24) is 24.6 Å². The molecule has 3 aromatic heterocycles. The predicted molar refractivity (Wildman–Crippen MR) is 182 cm³/mol. The molecule has 0 fully saturated rings. The van der Waals surface area contributed by atoms with Gasteiger partial charge in [-0.15, -0.1) is 11.3 Å². The average Bonchev–Trinajstić information content (AvgIpc) is 3.72. The number of carbonyl (C=O) groups is 1. The van der Waals surface area contributed by atoms with Crippen LogP contribution in [0.4, 0.5) is 22.0 Å². The topological polar surface area (TPSA) is 72.7 Å². The zero-order valence-corrected chi connectivity index (χ0v) is 28.5. The molecule has 8 nitrogen and oxygen atoms in total. The second kappa shape index (κ2) is 13.9. The van der Waals surface area contributed by atoms with Crippen LogP contribution in [-0.2, 0) is 16.1 Å². The molecular weight excluding hydrogens is 677 g/mol. The van der Waals surface area contributed by atoms with Gasteiger partial charge in [-0.2, -0.15) is 18.3 Å². The number of fused-ring (bicyclic) bond motifs is 2. The summed E-state index contributed by atoms with van der Waals surface area (Å²) >= 11 is 1.30. The highest BCUT2D eigenvalue weighted by Gasteiger charge is 2.42. The largest absolute Gasteiger partial charge is 0.490 e. The number of rotatable bonds is 10. The number of benzene rings is 2. The number of hydrogen-bond acceptors (Lipinski definition) is 7. The lowest BCUT2D eigenvalue weighted by Crippen LogP contribution is -2.40. The van der Waals surface area contributed by atoms with Crippen LogP contribution in [0.3, 0.4) is 0 Å². The summed E-state index contributed by atoms with van der Waals surface area (Å²) in [6, 6.07) is 9.28. The van der Waals surface area contributed by atoms with Crippen LogP contribution in [0.25, 0.3) is 43.9 Å². The molecule has 0 saturated carbocycles. The van der Waals surface area contributed by atoms with Crippen LogP contribution in [0.5, 0.6) is 5.75 Å². The summed E-state index contributed by atoms with van der Waals surface area (Å²) in [5.41, 5.74) is 2.63. The van der Waals surface area contributed by atoms with Crippen molar-refractivity contribution in [2.45, 2.75) is 31.7 Å². The van der Waals surface area contributed by atoms with E-state index in [2.05, 4.69) is 6.58 Å². The molecule has 0 bridgehead atoms. The highest BCUT2D eigenvalue weighted by atomic mass is 32.1. The van der Waals surface area contributed by atoms with Crippen LogP contribution in [0.15, 0.2) is 66.6 Å². The number of ether oxygens (including phenoxy) is 2. The lowest BCUT2D eigenvalue weighted by molar-refractivity contribution is -0.179. The number of amides is 1. The van der Waals surface area contributed by atoms with E-state index >= 15 is 4.39 Å². The molecule has 6 rings (SSSR count). The van der Waals surface area contributed by atoms with E-state index in [1.54, 1.807) is 39.2 Å². The first-order valence-corrected chi connectivity index (χ1v) is 16.6. The van der Waals surface area contributed by atoms with E-state index in [4.69, 9.17) is 19.6 Å². The molecule has 262 valence electrons. The monoisotopic (exact) mass is 711 g/mol. The zero-order chi connectivity index (χ0) is 35.9. The Hall–Kier alpha value is -4.66. The van der Waals surface area contributed by atoms with E-state index in [0.717, 1.165) is 17.0 Å². The third-order valence-electron chi connectivity index (χ3n) is 8.71. The van der Waals surface area contributed by atoms with Crippen LogP contribution in [0.1, 0.15) is 30.3 Å². The van der Waals surface area contributed by atoms with Crippen molar-refractivity contribution in [2.24, 2.45) is 0 Å². The third kappa shape index (κ3) is 6.50. The molecule has 2 aromatic carbocycles. The second-order valence-corrected chi connectivity index (χ2v) is 13.0. The van der Waals surface area contributed by atoms with Gasteiger partial charge >= 0.3 is 6.18 Å². The van der Waals surface area contributed by atoms with E-state index in [-0.39, 0.29) is 47.7 Å². The number of aromatic nitrogens is 3. The molecule has 1 aliphatic rings. The lowest BCUT2D eigenvalue weighted by Gasteiger charge is -2.33. The average molecular weight is 712 g/mol. The first-order chi connectivity index (χ1) is 23.8. The smallest absolute Gasteiger partial charge is 0.408 e. The number of halogens is 5. The van der Waals surface area contributed by atoms with E-state index in [1.165, 1.54) is 50.8 Å². The van der Waals surface area contributed by atoms with Gasteiger partial charge in [0.05, 0.1) is 36.1 Å². The maximum Gasteiger partial charge on any atom is 0.408 e. The second-order valence-electron chi connectivity index (χ2n) is 12.1. The fourth-order valence-corrected chi connectivity index (χ4v) is 7.39. The molecule has 0 radical (unpaired) electrons. The van der Waals surface area contributed by atoms with Gasteiger partial charge in [0.15, 0.2) is 0 Å². The summed E-state index contributed by atoms with van der Waals surface area (Å²) in [5.74, 6) is -2.00. The molecule has 4 heterocycles. The minimum absolute atomic E-state index is 0.0164. The van der Waals surface area contributed by atoms with Crippen molar-refractivity contribution in [3.63, 3.8) is 0 Å². The summed E-state index contributed by atoms with van der Waals surface area (Å²) in [4.78, 5) is 20.4. The fourth-order valence-electron chi connectivity index (χ4n) is 6.44. The highest BCUT2D eigenvalue weighted by Crippen LogP contribution is 2.48. The van der Waals surface area contributed by atoms with E-state index < -0.39 is 23.9 Å². The Morgan fingerprint density at radius 2 is 1.82 bits per heavy atom. The summed E-state index contributed by atoms with van der Waals surface area (Å²) in [5, 5.41) is 7.25. The highest BCUT2D eigenvalue weighted by molar-refractivity contribution is 7.18. The Morgan fingerprint density at radius 3 is 2.48 bits per heavy atom. The number of methoxy groups -OCH3 is 1. The number of nitrogens with zero attached hydrogens (tertiary/aromatic N) is 5. The molecule has 50 heavy (non-hydrogen) atoms. The molecule has 1 amide bonds. The lowest BCUT2D eigenvalue weighted by atomic mass is 9.95. The zero-order valence-electron chi connectivity index (χ0n) is 27.7. The van der Waals surface area contributed by atoms with Crippen LogP contribution >= 0.6 is 11.3 Å². The van der Waals surface area contributed by atoms with Crippen molar-refractivity contribution in [3.8, 4) is 39.5 Å². The first-order valence-electron chi connectivity index (χ1n) is 15.7. The Balaban J connectivity index is 1.59. The quantitative estimate of drug-likeness (QED) is 0.0830. The minimum Gasteiger partial charge on any atom is -0.490 e. The number of thiophene rings is 1. The molecule has 0 aliphatic carbocycles. The molecule has 0 spiro atoms. The summed E-state index contributed by atoms with van der Waals surface area (Å²) < 4.78 is 85.8. The SMILES string of the molecule is C=CC(=O)N1CCn2nc(-c3nc(-c4ccc(C(N(C)C)C(F)(F)F)cc4)c4ccsc4c3-c3c(F)cc(F)cc3OCCOC)cc2C1C. The fraction of sp³-hybridized carbons (Fsp3) is 0.306. The molecular formula is C36H34F5N5O3S. The molecule has 0 saturated heterocycles. The summed E-state index contributed by atoms with van der Waals surface area (Å²) in [6.07, 6.45) is -3.24. The van der Waals surface area contributed by atoms with Crippen LogP contribution in [-0.4, -0.2) is 77.6 Å². The molecule has 5 aromatic rings. The Bertz CT molecular complexity index is 2060. The number of hydrogen-bond donors (Lipinski definition) is 0. The number of alkyl halides is 3. The summed E-state index contributed by atoms with van der Waals surface area (Å²) in [6.45, 7) is 6.43. The molecule has 2 unspecified atom stereocenters.